The zero-order valence-corrected chi connectivity index (χ0v) is 10.4. The summed E-state index contributed by atoms with van der Waals surface area (Å²) in [6, 6.07) is 6.64. The van der Waals surface area contributed by atoms with Crippen molar-refractivity contribution < 1.29 is 0 Å². The molecule has 0 saturated heterocycles. The lowest BCUT2D eigenvalue weighted by Gasteiger charge is -2.15. The zero-order chi connectivity index (χ0) is 11.0. The first kappa shape index (κ1) is 11.3. The summed E-state index contributed by atoms with van der Waals surface area (Å²) in [5.74, 6) is 0.804. The third-order valence-corrected chi connectivity index (χ3v) is 3.56. The summed E-state index contributed by atoms with van der Waals surface area (Å²) in [4.78, 5) is 0. The average molecular weight is 244 g/mol. The summed E-state index contributed by atoms with van der Waals surface area (Å²) in [7, 11) is 0. The Kier molecular flexibility index (Phi) is 3.24. The quantitative estimate of drug-likeness (QED) is 0.845. The molecule has 0 aliphatic heterocycles. The lowest BCUT2D eigenvalue weighted by molar-refractivity contribution is 0.552. The van der Waals surface area contributed by atoms with Crippen molar-refractivity contribution in [2.75, 3.05) is 0 Å². The molecule has 0 radical (unpaired) electrons. The van der Waals surface area contributed by atoms with Crippen LogP contribution in [0.2, 0.25) is 10.0 Å². The minimum Gasteiger partial charge on any atom is -0.307 e. The van der Waals surface area contributed by atoms with Crippen LogP contribution in [0.15, 0.2) is 18.2 Å². The van der Waals surface area contributed by atoms with Gasteiger partial charge in [0.15, 0.2) is 0 Å². The Morgan fingerprint density at radius 2 is 2.07 bits per heavy atom. The van der Waals surface area contributed by atoms with E-state index in [1.807, 2.05) is 12.1 Å². The van der Waals surface area contributed by atoms with Crippen LogP contribution in [0, 0.1) is 5.92 Å². The second-order valence-electron chi connectivity index (χ2n) is 4.37. The fourth-order valence-electron chi connectivity index (χ4n) is 1.82. The first-order valence-electron chi connectivity index (χ1n) is 5.29. The molecule has 0 heterocycles. The van der Waals surface area contributed by atoms with E-state index in [2.05, 4.69) is 19.2 Å². The molecule has 0 spiro atoms. The molecule has 3 heteroatoms. The van der Waals surface area contributed by atoms with E-state index in [4.69, 9.17) is 23.2 Å². The minimum absolute atomic E-state index is 0.296. The van der Waals surface area contributed by atoms with Crippen molar-refractivity contribution in [3.8, 4) is 0 Å². The number of hydrogen-bond donors (Lipinski definition) is 1. The maximum atomic E-state index is 6.14. The molecule has 1 nitrogen and oxygen atoms in total. The summed E-state index contributed by atoms with van der Waals surface area (Å²) in [6.07, 6.45) is 1.27. The molecule has 1 aromatic carbocycles. The molecule has 0 aromatic heterocycles. The summed E-state index contributed by atoms with van der Waals surface area (Å²) in [6.45, 7) is 4.40. The summed E-state index contributed by atoms with van der Waals surface area (Å²) >= 11 is 12.0. The standard InChI is InChI=1S/C12H15Cl2N/c1-7-5-12(7)15-8(2)10-4-3-9(13)6-11(10)14/h3-4,6-8,12,15H,5H2,1-2H3. The predicted octanol–water partition coefficient (Wildman–Crippen LogP) is 4.05. The van der Waals surface area contributed by atoms with Gasteiger partial charge < -0.3 is 5.32 Å². The molecule has 82 valence electrons. The number of nitrogens with one attached hydrogen (secondary N) is 1. The third-order valence-electron chi connectivity index (χ3n) is 3.00. The molecule has 0 amide bonds. The number of rotatable bonds is 3. The Bertz CT molecular complexity index is 365. The molecule has 1 aliphatic carbocycles. The highest BCUT2D eigenvalue weighted by Crippen LogP contribution is 2.33. The van der Waals surface area contributed by atoms with Gasteiger partial charge in [0.05, 0.1) is 0 Å². The second kappa shape index (κ2) is 4.32. The van der Waals surface area contributed by atoms with E-state index >= 15 is 0 Å². The Balaban J connectivity index is 2.07. The Morgan fingerprint density at radius 3 is 2.60 bits per heavy atom. The molecular formula is C12H15Cl2N. The van der Waals surface area contributed by atoms with Crippen molar-refractivity contribution in [2.45, 2.75) is 32.4 Å². The van der Waals surface area contributed by atoms with Crippen molar-refractivity contribution in [3.05, 3.63) is 33.8 Å². The molecule has 1 N–H and O–H groups in total. The number of halogens is 2. The molecule has 1 aromatic rings. The third kappa shape index (κ3) is 2.66. The van der Waals surface area contributed by atoms with Crippen molar-refractivity contribution in [1.82, 2.24) is 5.32 Å². The van der Waals surface area contributed by atoms with E-state index in [9.17, 15) is 0 Å². The van der Waals surface area contributed by atoms with Crippen LogP contribution in [0.4, 0.5) is 0 Å². The van der Waals surface area contributed by atoms with E-state index in [0.29, 0.717) is 17.1 Å². The van der Waals surface area contributed by atoms with Crippen LogP contribution in [0.5, 0.6) is 0 Å². The lowest BCUT2D eigenvalue weighted by atomic mass is 10.1. The molecule has 1 saturated carbocycles. The van der Waals surface area contributed by atoms with E-state index in [0.717, 1.165) is 16.5 Å². The summed E-state index contributed by atoms with van der Waals surface area (Å²) in [5.41, 5.74) is 1.13. The van der Waals surface area contributed by atoms with Crippen molar-refractivity contribution in [2.24, 2.45) is 5.92 Å². The Hall–Kier alpha value is -0.240. The van der Waals surface area contributed by atoms with Crippen molar-refractivity contribution in [3.63, 3.8) is 0 Å². The van der Waals surface area contributed by atoms with E-state index in [-0.39, 0.29) is 0 Å². The highest BCUT2D eigenvalue weighted by molar-refractivity contribution is 6.35. The lowest BCUT2D eigenvalue weighted by Crippen LogP contribution is -2.22. The van der Waals surface area contributed by atoms with Crippen LogP contribution in [0.1, 0.15) is 31.9 Å². The first-order valence-corrected chi connectivity index (χ1v) is 6.04. The van der Waals surface area contributed by atoms with Gasteiger partial charge in [-0.2, -0.15) is 0 Å². The van der Waals surface area contributed by atoms with Crippen LogP contribution in [0.3, 0.4) is 0 Å². The van der Waals surface area contributed by atoms with Gasteiger partial charge in [-0.25, -0.2) is 0 Å². The molecular weight excluding hydrogens is 229 g/mol. The maximum Gasteiger partial charge on any atom is 0.0468 e. The number of benzene rings is 1. The van der Waals surface area contributed by atoms with Gasteiger partial charge in [-0.15, -0.1) is 0 Å². The average Bonchev–Trinajstić information content (AvgIpc) is 2.81. The fraction of sp³-hybridized carbons (Fsp3) is 0.500. The maximum absolute atomic E-state index is 6.14. The van der Waals surface area contributed by atoms with Gasteiger partial charge in [0.25, 0.3) is 0 Å². The molecule has 2 rings (SSSR count). The second-order valence-corrected chi connectivity index (χ2v) is 5.22. The van der Waals surface area contributed by atoms with Crippen molar-refractivity contribution >= 4 is 23.2 Å². The summed E-state index contributed by atoms with van der Waals surface area (Å²) in [5, 5.41) is 4.99. The minimum atomic E-state index is 0.296. The smallest absolute Gasteiger partial charge is 0.0468 e. The van der Waals surface area contributed by atoms with Gasteiger partial charge in [-0.3, -0.25) is 0 Å². The van der Waals surface area contributed by atoms with Gasteiger partial charge in [0.2, 0.25) is 0 Å². The Labute approximate surface area is 101 Å². The molecule has 15 heavy (non-hydrogen) atoms. The van der Waals surface area contributed by atoms with Crippen LogP contribution in [0.25, 0.3) is 0 Å². The summed E-state index contributed by atoms with van der Waals surface area (Å²) < 4.78 is 0. The van der Waals surface area contributed by atoms with Crippen LogP contribution in [-0.4, -0.2) is 6.04 Å². The Morgan fingerprint density at radius 1 is 1.40 bits per heavy atom. The van der Waals surface area contributed by atoms with Gasteiger partial charge in [-0.05, 0) is 37.0 Å². The van der Waals surface area contributed by atoms with E-state index in [1.54, 1.807) is 6.07 Å². The molecule has 3 unspecified atom stereocenters. The normalized spacial score (nSPS) is 26.4. The van der Waals surface area contributed by atoms with Crippen LogP contribution in [-0.2, 0) is 0 Å². The topological polar surface area (TPSA) is 12.0 Å². The predicted molar refractivity (Wildman–Crippen MR) is 65.6 cm³/mol. The van der Waals surface area contributed by atoms with E-state index in [1.165, 1.54) is 6.42 Å². The first-order chi connectivity index (χ1) is 7.08. The van der Waals surface area contributed by atoms with Gasteiger partial charge >= 0.3 is 0 Å². The van der Waals surface area contributed by atoms with Crippen molar-refractivity contribution in [1.29, 1.82) is 0 Å². The monoisotopic (exact) mass is 243 g/mol. The van der Waals surface area contributed by atoms with Gasteiger partial charge in [0, 0.05) is 22.1 Å². The largest absolute Gasteiger partial charge is 0.307 e. The van der Waals surface area contributed by atoms with Crippen LogP contribution >= 0.6 is 23.2 Å². The van der Waals surface area contributed by atoms with Crippen LogP contribution < -0.4 is 5.32 Å². The zero-order valence-electron chi connectivity index (χ0n) is 8.93. The molecule has 1 aliphatic rings. The van der Waals surface area contributed by atoms with Gasteiger partial charge in [-0.1, -0.05) is 36.2 Å². The molecule has 1 fully saturated rings. The highest BCUT2D eigenvalue weighted by atomic mass is 35.5. The van der Waals surface area contributed by atoms with E-state index < -0.39 is 0 Å². The SMILES string of the molecule is CC(NC1CC1C)c1ccc(Cl)cc1Cl. The molecule has 3 atom stereocenters. The highest BCUT2D eigenvalue weighted by Gasteiger charge is 2.33. The fourth-order valence-corrected chi connectivity index (χ4v) is 2.39. The number of hydrogen-bond acceptors (Lipinski definition) is 1. The molecule has 0 bridgehead atoms. The van der Waals surface area contributed by atoms with Gasteiger partial charge in [0.1, 0.15) is 0 Å².